The van der Waals surface area contributed by atoms with E-state index in [4.69, 9.17) is 4.74 Å². The van der Waals surface area contributed by atoms with E-state index in [1.54, 1.807) is 0 Å². The van der Waals surface area contributed by atoms with Crippen LogP contribution >= 0.6 is 0 Å². The summed E-state index contributed by atoms with van der Waals surface area (Å²) in [6, 6.07) is 0. The average molecular weight is 560 g/mol. The Hall–Kier alpha value is -1.87. The van der Waals surface area contributed by atoms with Crippen LogP contribution in [0.4, 0.5) is 0 Å². The lowest BCUT2D eigenvalue weighted by molar-refractivity contribution is -0.180. The van der Waals surface area contributed by atoms with Crippen LogP contribution in [0.1, 0.15) is 78.6 Å². The van der Waals surface area contributed by atoms with Gasteiger partial charge < -0.3 is 30.5 Å². The van der Waals surface area contributed by atoms with E-state index in [0.717, 1.165) is 35.8 Å². The SMILES string of the molecule is C=C(/C=C\C=C(\COCO)[C@@H]1CC[C@]2([C@@H]1O)[C@@H](CCCO)/C(=C(/C)C=O)CC[C@]2(O)CCNC)CCC=C(C)C. The van der Waals surface area contributed by atoms with E-state index >= 15 is 0 Å². The Bertz CT molecular complexity index is 962. The molecule has 0 aromatic heterocycles. The molecule has 1 spiro atoms. The van der Waals surface area contributed by atoms with Crippen LogP contribution in [-0.4, -0.2) is 72.0 Å². The van der Waals surface area contributed by atoms with Crippen molar-refractivity contribution >= 4 is 6.29 Å². The molecular weight excluding hydrogens is 506 g/mol. The number of allylic oxidation sites excluding steroid dienone is 8. The standard InChI is InChI=1S/C33H53NO6/c1-24(2)9-6-10-25(3)11-7-12-27(22-40-23-37)29-15-17-33(31(29)38)30(13-8-20-35)28(26(4)21-36)14-16-32(33,39)18-19-34-5/h7,9,11-12,21,29-31,34-35,37-39H,3,6,8,10,13-20,22-23H2,1-2,4-5H3/b11-7-,27-12-,28-26-/t29-,30-,31+,32-,33+/m0/s1. The molecule has 2 rings (SSSR count). The maximum Gasteiger partial charge on any atom is 0.145 e. The van der Waals surface area contributed by atoms with Crippen molar-refractivity contribution in [3.63, 3.8) is 0 Å². The number of rotatable bonds is 16. The lowest BCUT2D eigenvalue weighted by atomic mass is 9.51. The fourth-order valence-electron chi connectivity index (χ4n) is 7.06. The summed E-state index contributed by atoms with van der Waals surface area (Å²) >= 11 is 0. The van der Waals surface area contributed by atoms with Crippen molar-refractivity contribution in [3.05, 3.63) is 58.7 Å². The summed E-state index contributed by atoms with van der Waals surface area (Å²) in [4.78, 5) is 11.9. The summed E-state index contributed by atoms with van der Waals surface area (Å²) in [5.74, 6) is -0.519. The topological polar surface area (TPSA) is 119 Å². The van der Waals surface area contributed by atoms with Crippen molar-refractivity contribution in [2.24, 2.45) is 17.3 Å². The summed E-state index contributed by atoms with van der Waals surface area (Å²) in [5, 5.41) is 46.8. The Kier molecular flexibility index (Phi) is 14.2. The van der Waals surface area contributed by atoms with E-state index in [9.17, 15) is 25.2 Å². The number of carbonyl (C=O) groups is 1. The molecule has 0 heterocycles. The summed E-state index contributed by atoms with van der Waals surface area (Å²) in [7, 11) is 1.85. The maximum absolute atomic E-state index is 12.3. The first-order valence-corrected chi connectivity index (χ1v) is 14.8. The number of nitrogens with one attached hydrogen (secondary N) is 1. The van der Waals surface area contributed by atoms with Gasteiger partial charge in [0, 0.05) is 17.9 Å². The van der Waals surface area contributed by atoms with Crippen molar-refractivity contribution in [2.45, 2.75) is 90.3 Å². The molecule has 5 atom stereocenters. The molecule has 0 amide bonds. The van der Waals surface area contributed by atoms with Gasteiger partial charge in [0.15, 0.2) is 0 Å². The molecule has 2 aliphatic carbocycles. The summed E-state index contributed by atoms with van der Waals surface area (Å²) in [6.45, 7) is 10.5. The van der Waals surface area contributed by atoms with Gasteiger partial charge >= 0.3 is 0 Å². The van der Waals surface area contributed by atoms with E-state index in [2.05, 4.69) is 31.8 Å². The Morgan fingerprint density at radius 2 is 1.98 bits per heavy atom. The Morgan fingerprint density at radius 1 is 1.23 bits per heavy atom. The first-order valence-electron chi connectivity index (χ1n) is 14.8. The molecule has 2 aliphatic rings. The van der Waals surface area contributed by atoms with Crippen molar-refractivity contribution < 1.29 is 30.0 Å². The molecule has 7 heteroatoms. The minimum absolute atomic E-state index is 0.00621. The molecule has 5 N–H and O–H groups in total. The van der Waals surface area contributed by atoms with Crippen LogP contribution < -0.4 is 5.32 Å². The predicted octanol–water partition coefficient (Wildman–Crippen LogP) is 4.53. The first-order chi connectivity index (χ1) is 19.1. The predicted molar refractivity (Wildman–Crippen MR) is 161 cm³/mol. The molecule has 226 valence electrons. The second-order valence-electron chi connectivity index (χ2n) is 11.8. The molecule has 0 aromatic rings. The first kappa shape index (κ1) is 34.3. The maximum atomic E-state index is 12.3. The number of ether oxygens (including phenoxy) is 1. The van der Waals surface area contributed by atoms with E-state index in [1.807, 2.05) is 32.2 Å². The van der Waals surface area contributed by atoms with Crippen LogP contribution in [0.5, 0.6) is 0 Å². The number of hydrogen-bond acceptors (Lipinski definition) is 7. The summed E-state index contributed by atoms with van der Waals surface area (Å²) in [5.41, 5.74) is 2.75. The fourth-order valence-corrected chi connectivity index (χ4v) is 7.06. The highest BCUT2D eigenvalue weighted by Crippen LogP contribution is 2.63. The van der Waals surface area contributed by atoms with Gasteiger partial charge in [0.25, 0.3) is 0 Å². The zero-order chi connectivity index (χ0) is 29.8. The quantitative estimate of drug-likeness (QED) is 0.0620. The van der Waals surface area contributed by atoms with Crippen LogP contribution in [0, 0.1) is 17.3 Å². The largest absolute Gasteiger partial charge is 0.396 e. The Labute approximate surface area is 241 Å². The van der Waals surface area contributed by atoms with Crippen LogP contribution in [0.3, 0.4) is 0 Å². The number of aldehydes is 1. The molecule has 2 fully saturated rings. The van der Waals surface area contributed by atoms with E-state index in [1.165, 1.54) is 5.57 Å². The van der Waals surface area contributed by atoms with Crippen LogP contribution in [-0.2, 0) is 9.53 Å². The minimum Gasteiger partial charge on any atom is -0.396 e. The second-order valence-corrected chi connectivity index (χ2v) is 11.8. The van der Waals surface area contributed by atoms with Gasteiger partial charge in [0.1, 0.15) is 13.1 Å². The smallest absolute Gasteiger partial charge is 0.145 e. The number of aliphatic hydroxyl groups excluding tert-OH is 3. The molecule has 0 aliphatic heterocycles. The molecule has 0 bridgehead atoms. The molecule has 0 radical (unpaired) electrons. The van der Waals surface area contributed by atoms with Crippen molar-refractivity contribution in [2.75, 3.05) is 33.6 Å². The minimum atomic E-state index is -1.14. The van der Waals surface area contributed by atoms with Gasteiger partial charge in [0.05, 0.1) is 18.3 Å². The monoisotopic (exact) mass is 559 g/mol. The van der Waals surface area contributed by atoms with Crippen molar-refractivity contribution in [1.82, 2.24) is 5.32 Å². The third-order valence-electron chi connectivity index (χ3n) is 9.11. The lowest BCUT2D eigenvalue weighted by Gasteiger charge is -2.57. The highest BCUT2D eigenvalue weighted by molar-refractivity contribution is 5.74. The number of carbonyl (C=O) groups excluding carboxylic acids is 1. The molecule has 2 saturated carbocycles. The van der Waals surface area contributed by atoms with E-state index < -0.39 is 23.9 Å². The zero-order valence-corrected chi connectivity index (χ0v) is 25.1. The molecule has 0 aromatic carbocycles. The third kappa shape index (κ3) is 8.11. The summed E-state index contributed by atoms with van der Waals surface area (Å²) in [6.07, 6.45) is 13.7. The fraction of sp³-hybridized carbons (Fsp3) is 0.667. The van der Waals surface area contributed by atoms with Gasteiger partial charge in [0.2, 0.25) is 0 Å². The lowest BCUT2D eigenvalue weighted by Crippen LogP contribution is -2.61. The van der Waals surface area contributed by atoms with Gasteiger partial charge in [-0.2, -0.15) is 0 Å². The Balaban J connectivity index is 2.51. The molecular formula is C33H53NO6. The zero-order valence-electron chi connectivity index (χ0n) is 25.1. The normalized spacial score (nSPS) is 30.2. The molecule has 40 heavy (non-hydrogen) atoms. The molecule has 7 nitrogen and oxygen atoms in total. The van der Waals surface area contributed by atoms with Crippen molar-refractivity contribution in [1.29, 1.82) is 0 Å². The number of hydrogen-bond donors (Lipinski definition) is 5. The van der Waals surface area contributed by atoms with E-state index in [0.29, 0.717) is 57.1 Å². The number of aliphatic hydroxyl groups is 4. The second kappa shape index (κ2) is 16.5. The van der Waals surface area contributed by atoms with E-state index in [-0.39, 0.29) is 25.0 Å². The van der Waals surface area contributed by atoms with Crippen LogP contribution in [0.15, 0.2) is 58.7 Å². The van der Waals surface area contributed by atoms with Gasteiger partial charge in [-0.25, -0.2) is 0 Å². The van der Waals surface area contributed by atoms with Gasteiger partial charge in [-0.15, -0.1) is 0 Å². The van der Waals surface area contributed by atoms with Gasteiger partial charge in [-0.05, 0) is 109 Å². The van der Waals surface area contributed by atoms with Crippen LogP contribution in [0.2, 0.25) is 0 Å². The van der Waals surface area contributed by atoms with Crippen molar-refractivity contribution in [3.8, 4) is 0 Å². The molecule has 0 unspecified atom stereocenters. The van der Waals surface area contributed by atoms with Crippen LogP contribution in [0.25, 0.3) is 0 Å². The highest BCUT2D eigenvalue weighted by atomic mass is 16.6. The van der Waals surface area contributed by atoms with Gasteiger partial charge in [-0.1, -0.05) is 47.6 Å². The Morgan fingerprint density at radius 3 is 2.60 bits per heavy atom. The average Bonchev–Trinajstić information content (AvgIpc) is 3.27. The van der Waals surface area contributed by atoms with Gasteiger partial charge in [-0.3, -0.25) is 4.79 Å². The summed E-state index contributed by atoms with van der Waals surface area (Å²) < 4.78 is 5.42. The third-order valence-corrected chi connectivity index (χ3v) is 9.11. The molecule has 0 saturated heterocycles. The highest BCUT2D eigenvalue weighted by Gasteiger charge is 2.65.